The van der Waals surface area contributed by atoms with E-state index in [1.807, 2.05) is 7.85 Å². The topological polar surface area (TPSA) is 158 Å². The van der Waals surface area contributed by atoms with Crippen molar-refractivity contribution in [1.82, 2.24) is 0 Å². The fourth-order valence-corrected chi connectivity index (χ4v) is 6.55. The van der Waals surface area contributed by atoms with Crippen LogP contribution in [0.25, 0.3) is 0 Å². The molecule has 0 amide bonds. The molecular formula is C9H20BO11P3. The molecule has 2 aliphatic rings. The number of fused-ring (bicyclic) bond motifs is 1. The van der Waals surface area contributed by atoms with E-state index in [9.17, 15) is 23.5 Å². The van der Waals surface area contributed by atoms with Crippen LogP contribution in [0, 0.1) is 5.92 Å². The highest BCUT2D eigenvalue weighted by Gasteiger charge is 2.54. The Balaban J connectivity index is 1.99. The minimum atomic E-state index is -5.28. The summed E-state index contributed by atoms with van der Waals surface area (Å²) >= 11 is 0. The Bertz CT molecular complexity index is 622. The Kier molecular flexibility index (Phi) is 5.94. The number of hydrogen-bond donors (Lipinski definition) is 3. The van der Waals surface area contributed by atoms with E-state index in [4.69, 9.17) is 18.9 Å². The molecular weight excluding hydrogens is 388 g/mol. The quantitative estimate of drug-likeness (QED) is 0.391. The monoisotopic (exact) mass is 408 g/mol. The maximum Gasteiger partial charge on any atom is 0.488 e. The molecule has 2 aliphatic heterocycles. The molecule has 2 saturated heterocycles. The van der Waals surface area contributed by atoms with Crippen LogP contribution in [0.5, 0.6) is 0 Å². The molecule has 2 fully saturated rings. The summed E-state index contributed by atoms with van der Waals surface area (Å²) in [5.74, 6) is 0.116. The molecule has 24 heavy (non-hydrogen) atoms. The van der Waals surface area contributed by atoms with Crippen molar-refractivity contribution in [2.75, 3.05) is 19.9 Å². The zero-order chi connectivity index (χ0) is 18.4. The van der Waals surface area contributed by atoms with Gasteiger partial charge in [-0.3, -0.25) is 9.09 Å². The number of phosphoric ester groups is 1. The normalized spacial score (nSPS) is 40.5. The van der Waals surface area contributed by atoms with Crippen LogP contribution in [-0.2, 0) is 36.3 Å². The van der Waals surface area contributed by atoms with Crippen molar-refractivity contribution in [2.45, 2.75) is 31.1 Å². The van der Waals surface area contributed by atoms with E-state index in [1.165, 1.54) is 0 Å². The zero-order valence-corrected chi connectivity index (χ0v) is 16.0. The van der Waals surface area contributed by atoms with Gasteiger partial charge in [-0.05, 0) is 13.3 Å². The maximum absolute atomic E-state index is 11.8. The number of rotatable bonds is 7. The Morgan fingerprint density at radius 3 is 2.42 bits per heavy atom. The molecule has 0 aromatic rings. The summed E-state index contributed by atoms with van der Waals surface area (Å²) in [4.78, 5) is 27.7. The SMILES string of the molecule is BC1OC(C)(COP(=O)(O)OP(=O)(O)OP(C)(=O)O)C2OCCC12. The fraction of sp³-hybridized carbons (Fsp3) is 1.00. The average Bonchev–Trinajstić information content (AvgIpc) is 2.88. The summed E-state index contributed by atoms with van der Waals surface area (Å²) in [6.45, 7) is 2.33. The van der Waals surface area contributed by atoms with Gasteiger partial charge < -0.3 is 24.2 Å². The minimum Gasteiger partial charge on any atom is -0.376 e. The molecule has 0 aromatic carbocycles. The summed E-state index contributed by atoms with van der Waals surface area (Å²) in [7, 11) is -12.9. The first-order valence-electron chi connectivity index (χ1n) is 7.06. The summed E-state index contributed by atoms with van der Waals surface area (Å²) in [6.07, 6.45) is 0.439. The smallest absolute Gasteiger partial charge is 0.376 e. The minimum absolute atomic E-state index is 0.116. The Hall–Kier alpha value is 0.435. The van der Waals surface area contributed by atoms with Gasteiger partial charge in [0.1, 0.15) is 13.4 Å². The molecule has 7 unspecified atom stereocenters. The van der Waals surface area contributed by atoms with Crippen LogP contribution in [0.3, 0.4) is 0 Å². The summed E-state index contributed by atoms with van der Waals surface area (Å²) < 4.78 is 58.2. The molecule has 140 valence electrons. The van der Waals surface area contributed by atoms with Gasteiger partial charge in [0, 0.05) is 25.2 Å². The highest BCUT2D eigenvalue weighted by molar-refractivity contribution is 7.68. The molecule has 2 heterocycles. The molecule has 0 saturated carbocycles. The molecule has 0 spiro atoms. The predicted molar refractivity (Wildman–Crippen MR) is 83.2 cm³/mol. The molecule has 15 heteroatoms. The van der Waals surface area contributed by atoms with Gasteiger partial charge in [-0.1, -0.05) is 0 Å². The third-order valence-electron chi connectivity index (χ3n) is 3.77. The lowest BCUT2D eigenvalue weighted by Gasteiger charge is -2.30. The fourth-order valence-electron chi connectivity index (χ4n) is 2.98. The van der Waals surface area contributed by atoms with Crippen LogP contribution < -0.4 is 0 Å². The maximum atomic E-state index is 11.8. The largest absolute Gasteiger partial charge is 0.488 e. The van der Waals surface area contributed by atoms with Crippen LogP contribution in [0.15, 0.2) is 0 Å². The molecule has 0 aromatic heterocycles. The van der Waals surface area contributed by atoms with E-state index in [0.29, 0.717) is 13.3 Å². The van der Waals surface area contributed by atoms with Gasteiger partial charge in [0.15, 0.2) is 0 Å². The van der Waals surface area contributed by atoms with E-state index in [0.717, 1.165) is 6.42 Å². The standard InChI is InChI=1S/C9H20BO11P3/c1-9(7-6(3-4-17-7)8(10)19-9)5-18-23(13,14)21-24(15,16)20-22(2,11)12/h6-8H,3-5,10H2,1-2H3,(H,11,12)(H,13,14)(H,15,16). The van der Waals surface area contributed by atoms with Crippen molar-refractivity contribution < 1.29 is 51.0 Å². The van der Waals surface area contributed by atoms with Crippen LogP contribution in [0.2, 0.25) is 0 Å². The van der Waals surface area contributed by atoms with Crippen LogP contribution in [0.1, 0.15) is 13.3 Å². The van der Waals surface area contributed by atoms with E-state index in [1.54, 1.807) is 6.92 Å². The third-order valence-corrected chi connectivity index (χ3v) is 7.92. The highest BCUT2D eigenvalue weighted by atomic mass is 31.3. The van der Waals surface area contributed by atoms with Crippen LogP contribution >= 0.6 is 23.2 Å². The van der Waals surface area contributed by atoms with Gasteiger partial charge in [0.2, 0.25) is 0 Å². The molecule has 11 nitrogen and oxygen atoms in total. The third kappa shape index (κ3) is 5.22. The van der Waals surface area contributed by atoms with E-state index in [-0.39, 0.29) is 18.0 Å². The first-order valence-corrected chi connectivity index (χ1v) is 12.1. The molecule has 3 N–H and O–H groups in total. The van der Waals surface area contributed by atoms with Crippen molar-refractivity contribution >= 4 is 31.1 Å². The van der Waals surface area contributed by atoms with Gasteiger partial charge in [0.05, 0.1) is 12.7 Å². The van der Waals surface area contributed by atoms with Crippen molar-refractivity contribution in [1.29, 1.82) is 0 Å². The summed E-state index contributed by atoms with van der Waals surface area (Å²) in [6, 6.07) is -0.141. The molecule has 0 radical (unpaired) electrons. The Morgan fingerprint density at radius 1 is 1.21 bits per heavy atom. The Labute approximate surface area is 139 Å². The lowest BCUT2D eigenvalue weighted by atomic mass is 9.82. The van der Waals surface area contributed by atoms with Gasteiger partial charge in [-0.15, -0.1) is 0 Å². The van der Waals surface area contributed by atoms with Gasteiger partial charge >= 0.3 is 23.2 Å². The molecule has 0 aliphatic carbocycles. The second-order valence-electron chi connectivity index (χ2n) is 6.06. The highest BCUT2D eigenvalue weighted by Crippen LogP contribution is 2.66. The van der Waals surface area contributed by atoms with Crippen LogP contribution in [-0.4, -0.2) is 60.1 Å². The van der Waals surface area contributed by atoms with Crippen LogP contribution in [0.4, 0.5) is 0 Å². The molecule has 2 rings (SSSR count). The van der Waals surface area contributed by atoms with E-state index < -0.39 is 35.4 Å². The number of ether oxygens (including phenoxy) is 2. The summed E-state index contributed by atoms with van der Waals surface area (Å²) in [5.41, 5.74) is -1.04. The first-order chi connectivity index (χ1) is 10.7. The average molecular weight is 408 g/mol. The van der Waals surface area contributed by atoms with E-state index >= 15 is 0 Å². The predicted octanol–water partition coefficient (Wildman–Crippen LogP) is 0.205. The number of hydrogen-bond acceptors (Lipinski definition) is 8. The first kappa shape index (κ1) is 20.7. The number of phosphoric acid groups is 2. The van der Waals surface area contributed by atoms with Gasteiger partial charge in [0.25, 0.3) is 0 Å². The van der Waals surface area contributed by atoms with Crippen molar-refractivity contribution in [3.8, 4) is 0 Å². The lowest BCUT2D eigenvalue weighted by Crippen LogP contribution is -2.42. The molecule has 7 atom stereocenters. The second kappa shape index (κ2) is 6.87. The molecule has 0 bridgehead atoms. The summed E-state index contributed by atoms with van der Waals surface area (Å²) in [5, 5.41) is 0. The van der Waals surface area contributed by atoms with E-state index in [2.05, 4.69) is 8.62 Å². The Morgan fingerprint density at radius 2 is 1.83 bits per heavy atom. The van der Waals surface area contributed by atoms with Crippen molar-refractivity contribution in [3.63, 3.8) is 0 Å². The van der Waals surface area contributed by atoms with Crippen molar-refractivity contribution in [3.05, 3.63) is 0 Å². The zero-order valence-electron chi connectivity index (χ0n) is 13.3. The van der Waals surface area contributed by atoms with Gasteiger partial charge in [-0.25, -0.2) is 13.4 Å². The lowest BCUT2D eigenvalue weighted by molar-refractivity contribution is -0.0976. The van der Waals surface area contributed by atoms with Crippen molar-refractivity contribution in [2.24, 2.45) is 5.92 Å². The second-order valence-corrected chi connectivity index (χ2v) is 11.1. The van der Waals surface area contributed by atoms with Gasteiger partial charge in [-0.2, -0.15) is 4.31 Å².